The van der Waals surface area contributed by atoms with Crippen LogP contribution in [0.2, 0.25) is 0 Å². The molecule has 0 saturated carbocycles. The van der Waals surface area contributed by atoms with Crippen LogP contribution in [0.3, 0.4) is 0 Å². The van der Waals surface area contributed by atoms with E-state index in [9.17, 15) is 4.79 Å². The van der Waals surface area contributed by atoms with Crippen molar-refractivity contribution in [3.8, 4) is 0 Å². The molecule has 2 saturated heterocycles. The Labute approximate surface area is 77.7 Å². The summed E-state index contributed by atoms with van der Waals surface area (Å²) >= 11 is 0. The molecule has 0 aromatic carbocycles. The van der Waals surface area contributed by atoms with Gasteiger partial charge in [-0.3, -0.25) is 4.79 Å². The summed E-state index contributed by atoms with van der Waals surface area (Å²) in [4.78, 5) is 11.0. The maximum Gasteiger partial charge on any atom is 0.309 e. The number of nitrogens with one attached hydrogen (secondary N) is 2. The Morgan fingerprint density at radius 3 is 2.85 bits per heavy atom. The molecule has 0 aromatic heterocycles. The Morgan fingerprint density at radius 2 is 2.08 bits per heavy atom. The summed E-state index contributed by atoms with van der Waals surface area (Å²) in [6.07, 6.45) is 2.25. The van der Waals surface area contributed by atoms with Crippen molar-refractivity contribution in [3.63, 3.8) is 0 Å². The quantitative estimate of drug-likeness (QED) is 0.521. The first kappa shape index (κ1) is 8.97. The van der Waals surface area contributed by atoms with E-state index in [-0.39, 0.29) is 12.0 Å². The highest BCUT2D eigenvalue weighted by atomic mass is 16.4. The van der Waals surface area contributed by atoms with Gasteiger partial charge < -0.3 is 15.7 Å². The number of hydrogen-bond donors (Lipinski definition) is 3. The highest BCUT2D eigenvalue weighted by molar-refractivity contribution is 5.71. The summed E-state index contributed by atoms with van der Waals surface area (Å²) in [5.74, 6) is -0.343. The zero-order valence-corrected chi connectivity index (χ0v) is 7.62. The average Bonchev–Trinajstić information content (AvgIpc) is 2.44. The molecule has 74 valence electrons. The largest absolute Gasteiger partial charge is 0.481 e. The van der Waals surface area contributed by atoms with Gasteiger partial charge in [0.25, 0.3) is 0 Å². The Kier molecular flexibility index (Phi) is 2.51. The van der Waals surface area contributed by atoms with Crippen molar-refractivity contribution >= 4 is 5.97 Å². The summed E-state index contributed by atoms with van der Waals surface area (Å²) in [5.41, 5.74) is 0. The topological polar surface area (TPSA) is 61.4 Å². The fourth-order valence-corrected chi connectivity index (χ4v) is 2.49. The van der Waals surface area contributed by atoms with Crippen molar-refractivity contribution in [2.75, 3.05) is 19.6 Å². The third-order valence-corrected chi connectivity index (χ3v) is 3.21. The first-order valence-corrected chi connectivity index (χ1v) is 4.96. The Hall–Kier alpha value is -0.610. The Morgan fingerprint density at radius 1 is 1.31 bits per heavy atom. The molecule has 2 aliphatic rings. The number of hydrogen-bond acceptors (Lipinski definition) is 3. The van der Waals surface area contributed by atoms with Crippen molar-refractivity contribution in [1.29, 1.82) is 0 Å². The van der Waals surface area contributed by atoms with Crippen molar-refractivity contribution in [2.24, 2.45) is 11.8 Å². The SMILES string of the molecule is O=C(O)C1CNCCC2CCNC21. The normalized spacial score (nSPS) is 39.5. The van der Waals surface area contributed by atoms with Crippen LogP contribution in [0.25, 0.3) is 0 Å². The van der Waals surface area contributed by atoms with E-state index >= 15 is 0 Å². The molecule has 0 aliphatic carbocycles. The lowest BCUT2D eigenvalue weighted by molar-refractivity contribution is -0.142. The lowest BCUT2D eigenvalue weighted by Gasteiger charge is -2.21. The fourth-order valence-electron chi connectivity index (χ4n) is 2.49. The van der Waals surface area contributed by atoms with Gasteiger partial charge in [0.2, 0.25) is 0 Å². The zero-order chi connectivity index (χ0) is 9.26. The van der Waals surface area contributed by atoms with Gasteiger partial charge in [-0.1, -0.05) is 0 Å². The Bertz CT molecular complexity index is 208. The van der Waals surface area contributed by atoms with Crippen molar-refractivity contribution < 1.29 is 9.90 Å². The molecule has 2 heterocycles. The molecule has 3 unspecified atom stereocenters. The van der Waals surface area contributed by atoms with Gasteiger partial charge in [-0.25, -0.2) is 0 Å². The van der Waals surface area contributed by atoms with Crippen LogP contribution in [0.5, 0.6) is 0 Å². The number of carboxylic acid groups (broad SMARTS) is 1. The molecule has 13 heavy (non-hydrogen) atoms. The lowest BCUT2D eigenvalue weighted by Crippen LogP contribution is -2.42. The number of fused-ring (bicyclic) bond motifs is 1. The second kappa shape index (κ2) is 3.64. The van der Waals surface area contributed by atoms with E-state index in [1.165, 1.54) is 0 Å². The predicted octanol–water partition coefficient (Wildman–Crippen LogP) is -0.341. The summed E-state index contributed by atoms with van der Waals surface area (Å²) in [7, 11) is 0. The smallest absolute Gasteiger partial charge is 0.309 e. The minimum absolute atomic E-state index is 0.201. The molecule has 3 N–H and O–H groups in total. The van der Waals surface area contributed by atoms with Gasteiger partial charge in [0.05, 0.1) is 5.92 Å². The lowest BCUT2D eigenvalue weighted by atomic mass is 9.89. The molecule has 0 bridgehead atoms. The van der Waals surface area contributed by atoms with Gasteiger partial charge in [-0.05, 0) is 31.8 Å². The van der Waals surface area contributed by atoms with Crippen LogP contribution in [0.15, 0.2) is 0 Å². The molecule has 0 amide bonds. The molecule has 4 heteroatoms. The number of carbonyl (C=O) groups is 1. The average molecular weight is 184 g/mol. The maximum absolute atomic E-state index is 11.0. The van der Waals surface area contributed by atoms with Gasteiger partial charge in [0.15, 0.2) is 0 Å². The highest BCUT2D eigenvalue weighted by Gasteiger charge is 2.38. The van der Waals surface area contributed by atoms with Gasteiger partial charge in [0, 0.05) is 12.6 Å². The second-order valence-corrected chi connectivity index (χ2v) is 3.97. The molecule has 2 aliphatic heterocycles. The van der Waals surface area contributed by atoms with Gasteiger partial charge in [0.1, 0.15) is 0 Å². The molecule has 0 radical (unpaired) electrons. The van der Waals surface area contributed by atoms with E-state index in [1.807, 2.05) is 0 Å². The van der Waals surface area contributed by atoms with Crippen LogP contribution in [-0.2, 0) is 4.79 Å². The van der Waals surface area contributed by atoms with E-state index in [1.54, 1.807) is 0 Å². The van der Waals surface area contributed by atoms with Crippen LogP contribution in [0.4, 0.5) is 0 Å². The Balaban J connectivity index is 2.10. The molecule has 2 rings (SSSR count). The van der Waals surface area contributed by atoms with Crippen molar-refractivity contribution in [1.82, 2.24) is 10.6 Å². The van der Waals surface area contributed by atoms with E-state index in [0.29, 0.717) is 12.5 Å². The number of rotatable bonds is 1. The highest BCUT2D eigenvalue weighted by Crippen LogP contribution is 2.26. The second-order valence-electron chi connectivity index (χ2n) is 3.97. The van der Waals surface area contributed by atoms with Gasteiger partial charge in [-0.15, -0.1) is 0 Å². The van der Waals surface area contributed by atoms with E-state index in [0.717, 1.165) is 25.9 Å². The number of aliphatic carboxylic acids is 1. The molecule has 3 atom stereocenters. The fraction of sp³-hybridized carbons (Fsp3) is 0.889. The third kappa shape index (κ3) is 1.69. The van der Waals surface area contributed by atoms with Crippen molar-refractivity contribution in [2.45, 2.75) is 18.9 Å². The predicted molar refractivity (Wildman–Crippen MR) is 48.5 cm³/mol. The van der Waals surface area contributed by atoms with Crippen LogP contribution in [0.1, 0.15) is 12.8 Å². The zero-order valence-electron chi connectivity index (χ0n) is 7.62. The van der Waals surface area contributed by atoms with Crippen LogP contribution in [0, 0.1) is 11.8 Å². The van der Waals surface area contributed by atoms with E-state index < -0.39 is 5.97 Å². The van der Waals surface area contributed by atoms with Crippen molar-refractivity contribution in [3.05, 3.63) is 0 Å². The monoisotopic (exact) mass is 184 g/mol. The molecule has 2 fully saturated rings. The van der Waals surface area contributed by atoms with E-state index in [2.05, 4.69) is 10.6 Å². The molecule has 0 spiro atoms. The van der Waals surface area contributed by atoms with Gasteiger partial charge in [-0.2, -0.15) is 0 Å². The molecular weight excluding hydrogens is 168 g/mol. The first-order valence-electron chi connectivity index (χ1n) is 4.96. The third-order valence-electron chi connectivity index (χ3n) is 3.21. The summed E-state index contributed by atoms with van der Waals surface area (Å²) in [6, 6.07) is 0.201. The minimum atomic E-state index is -0.668. The van der Waals surface area contributed by atoms with Crippen LogP contribution in [-0.4, -0.2) is 36.8 Å². The minimum Gasteiger partial charge on any atom is -0.481 e. The number of carboxylic acids is 1. The summed E-state index contributed by atoms with van der Waals surface area (Å²) in [5, 5.41) is 15.5. The summed E-state index contributed by atoms with van der Waals surface area (Å²) in [6.45, 7) is 2.56. The molecular formula is C9H16N2O2. The standard InChI is InChI=1S/C9H16N2O2/c12-9(13)7-5-10-3-1-6-2-4-11-8(6)7/h6-8,10-11H,1-5H2,(H,12,13). The first-order chi connectivity index (χ1) is 6.29. The molecule has 0 aromatic rings. The summed E-state index contributed by atoms with van der Waals surface area (Å²) < 4.78 is 0. The van der Waals surface area contributed by atoms with Crippen LogP contribution >= 0.6 is 0 Å². The molecule has 4 nitrogen and oxygen atoms in total. The van der Waals surface area contributed by atoms with Crippen LogP contribution < -0.4 is 10.6 Å². The maximum atomic E-state index is 11.0. The van der Waals surface area contributed by atoms with Gasteiger partial charge >= 0.3 is 5.97 Å². The van der Waals surface area contributed by atoms with E-state index in [4.69, 9.17) is 5.11 Å².